The predicted octanol–water partition coefficient (Wildman–Crippen LogP) is 6.33. The third-order valence-electron chi connectivity index (χ3n) is 6.84. The fourth-order valence-electron chi connectivity index (χ4n) is 4.90. The molecule has 202 valence electrons. The standard InChI is InChI=1S/C30H41ClN2O4/c1-4-26(30(35)32-25-10-8-7-9-11-25)33(21-23-12-16-24(31)17-13-23)29(34)19-15-22-14-18-27(36-5-2)28(20-22)37-6-3/h12-14,16-18,20,25-26H,4-11,15,19,21H2,1-3H3,(H,32,35)/t26-/m1/s1. The second-order valence-corrected chi connectivity index (χ2v) is 10.00. The van der Waals surface area contributed by atoms with Crippen LogP contribution in [0.1, 0.15) is 76.8 Å². The number of nitrogens with zero attached hydrogens (tertiary/aromatic N) is 1. The van der Waals surface area contributed by atoms with E-state index in [0.29, 0.717) is 55.5 Å². The van der Waals surface area contributed by atoms with Gasteiger partial charge in [-0.15, -0.1) is 0 Å². The number of carbonyl (C=O) groups excluding carboxylic acids is 2. The summed E-state index contributed by atoms with van der Waals surface area (Å²) < 4.78 is 11.4. The Morgan fingerprint density at radius 1 is 0.946 bits per heavy atom. The van der Waals surface area contributed by atoms with E-state index in [1.165, 1.54) is 6.42 Å². The molecule has 1 aliphatic carbocycles. The Morgan fingerprint density at radius 2 is 1.59 bits per heavy atom. The van der Waals surface area contributed by atoms with Gasteiger partial charge >= 0.3 is 0 Å². The topological polar surface area (TPSA) is 67.9 Å². The third-order valence-corrected chi connectivity index (χ3v) is 7.09. The number of ether oxygens (including phenoxy) is 2. The number of benzene rings is 2. The van der Waals surface area contributed by atoms with Gasteiger partial charge in [0, 0.05) is 24.0 Å². The van der Waals surface area contributed by atoms with Crippen LogP contribution >= 0.6 is 11.6 Å². The van der Waals surface area contributed by atoms with E-state index in [9.17, 15) is 9.59 Å². The summed E-state index contributed by atoms with van der Waals surface area (Å²) in [5, 5.41) is 3.87. The molecular formula is C30H41ClN2O4. The highest BCUT2D eigenvalue weighted by molar-refractivity contribution is 6.30. The van der Waals surface area contributed by atoms with Gasteiger partial charge in [-0.2, -0.15) is 0 Å². The molecule has 0 saturated heterocycles. The molecular weight excluding hydrogens is 488 g/mol. The van der Waals surface area contributed by atoms with Crippen LogP contribution in [0, 0.1) is 0 Å². The molecule has 2 aromatic carbocycles. The summed E-state index contributed by atoms with van der Waals surface area (Å²) in [7, 11) is 0. The van der Waals surface area contributed by atoms with E-state index in [-0.39, 0.29) is 17.9 Å². The number of aryl methyl sites for hydroxylation is 1. The number of rotatable bonds is 13. The molecule has 0 spiro atoms. The minimum Gasteiger partial charge on any atom is -0.490 e. The van der Waals surface area contributed by atoms with Gasteiger partial charge in [0.15, 0.2) is 11.5 Å². The van der Waals surface area contributed by atoms with Gasteiger partial charge in [0.05, 0.1) is 13.2 Å². The van der Waals surface area contributed by atoms with Gasteiger partial charge in [-0.3, -0.25) is 9.59 Å². The van der Waals surface area contributed by atoms with Crippen LogP contribution in [0.4, 0.5) is 0 Å². The second kappa shape index (κ2) is 14.9. The molecule has 2 amide bonds. The summed E-state index contributed by atoms with van der Waals surface area (Å²) in [5.74, 6) is 1.28. The van der Waals surface area contributed by atoms with Crippen molar-refractivity contribution in [3.05, 3.63) is 58.6 Å². The van der Waals surface area contributed by atoms with Crippen molar-refractivity contribution < 1.29 is 19.1 Å². The van der Waals surface area contributed by atoms with Crippen LogP contribution in [-0.4, -0.2) is 42.0 Å². The first-order chi connectivity index (χ1) is 17.9. The second-order valence-electron chi connectivity index (χ2n) is 9.56. The van der Waals surface area contributed by atoms with Crippen molar-refractivity contribution in [1.82, 2.24) is 10.2 Å². The smallest absolute Gasteiger partial charge is 0.243 e. The molecule has 0 aliphatic heterocycles. The van der Waals surface area contributed by atoms with Gasteiger partial charge in [-0.1, -0.05) is 56.0 Å². The average Bonchev–Trinajstić information content (AvgIpc) is 2.90. The summed E-state index contributed by atoms with van der Waals surface area (Å²) in [6.07, 6.45) is 6.91. The maximum atomic E-state index is 13.6. The molecule has 6 nitrogen and oxygen atoms in total. The van der Waals surface area contributed by atoms with E-state index >= 15 is 0 Å². The van der Waals surface area contributed by atoms with Crippen molar-refractivity contribution in [2.45, 2.75) is 90.8 Å². The third kappa shape index (κ3) is 8.67. The van der Waals surface area contributed by atoms with Crippen LogP contribution in [-0.2, 0) is 22.6 Å². The van der Waals surface area contributed by atoms with Gasteiger partial charge in [-0.05, 0) is 74.9 Å². The highest BCUT2D eigenvalue weighted by Gasteiger charge is 2.30. The molecule has 0 unspecified atom stereocenters. The van der Waals surface area contributed by atoms with E-state index in [1.54, 1.807) is 4.90 Å². The van der Waals surface area contributed by atoms with Gasteiger partial charge in [0.25, 0.3) is 0 Å². The van der Waals surface area contributed by atoms with E-state index in [4.69, 9.17) is 21.1 Å². The molecule has 0 radical (unpaired) electrons. The number of amides is 2. The molecule has 3 rings (SSSR count). The largest absolute Gasteiger partial charge is 0.490 e. The zero-order valence-electron chi connectivity index (χ0n) is 22.4. The van der Waals surface area contributed by atoms with Crippen molar-refractivity contribution in [3.63, 3.8) is 0 Å². The lowest BCUT2D eigenvalue weighted by atomic mass is 9.95. The van der Waals surface area contributed by atoms with Gasteiger partial charge in [-0.25, -0.2) is 0 Å². The number of nitrogens with one attached hydrogen (secondary N) is 1. The molecule has 0 aromatic heterocycles. The quantitative estimate of drug-likeness (QED) is 0.330. The fraction of sp³-hybridized carbons (Fsp3) is 0.533. The lowest BCUT2D eigenvalue weighted by molar-refractivity contribution is -0.141. The number of carbonyl (C=O) groups is 2. The van der Waals surface area contributed by atoms with Crippen LogP contribution in [0.15, 0.2) is 42.5 Å². The summed E-state index contributed by atoms with van der Waals surface area (Å²) in [6, 6.07) is 12.9. The van der Waals surface area contributed by atoms with Crippen molar-refractivity contribution in [3.8, 4) is 11.5 Å². The summed E-state index contributed by atoms with van der Waals surface area (Å²) in [4.78, 5) is 28.7. The molecule has 2 aromatic rings. The zero-order valence-corrected chi connectivity index (χ0v) is 23.2. The van der Waals surface area contributed by atoms with Crippen LogP contribution in [0.25, 0.3) is 0 Å². The normalized spacial score (nSPS) is 14.6. The molecule has 1 aliphatic rings. The van der Waals surface area contributed by atoms with E-state index in [2.05, 4.69) is 5.32 Å². The van der Waals surface area contributed by atoms with Crippen LogP contribution in [0.5, 0.6) is 11.5 Å². The van der Waals surface area contributed by atoms with Crippen molar-refractivity contribution in [2.24, 2.45) is 0 Å². The minimum atomic E-state index is -0.524. The number of hydrogen-bond donors (Lipinski definition) is 1. The molecule has 37 heavy (non-hydrogen) atoms. The first-order valence-electron chi connectivity index (χ1n) is 13.7. The van der Waals surface area contributed by atoms with E-state index in [0.717, 1.165) is 36.8 Å². The Kier molecular flexibility index (Phi) is 11.6. The maximum absolute atomic E-state index is 13.6. The Morgan fingerprint density at radius 3 is 2.24 bits per heavy atom. The van der Waals surface area contributed by atoms with Gasteiger partial charge < -0.3 is 19.7 Å². The molecule has 1 saturated carbocycles. The minimum absolute atomic E-state index is 0.0487. The van der Waals surface area contributed by atoms with Crippen molar-refractivity contribution in [2.75, 3.05) is 13.2 Å². The van der Waals surface area contributed by atoms with Crippen molar-refractivity contribution in [1.29, 1.82) is 0 Å². The number of halogens is 1. The monoisotopic (exact) mass is 528 g/mol. The Labute approximate surface area is 226 Å². The first-order valence-corrected chi connectivity index (χ1v) is 14.1. The molecule has 1 N–H and O–H groups in total. The van der Waals surface area contributed by atoms with E-state index in [1.807, 2.05) is 63.2 Å². The molecule has 0 bridgehead atoms. The lowest BCUT2D eigenvalue weighted by Gasteiger charge is -2.33. The van der Waals surface area contributed by atoms with Crippen LogP contribution < -0.4 is 14.8 Å². The Bertz CT molecular complexity index is 1010. The van der Waals surface area contributed by atoms with Gasteiger partial charge in [0.1, 0.15) is 6.04 Å². The maximum Gasteiger partial charge on any atom is 0.243 e. The predicted molar refractivity (Wildman–Crippen MR) is 148 cm³/mol. The average molecular weight is 529 g/mol. The Hall–Kier alpha value is -2.73. The summed E-state index contributed by atoms with van der Waals surface area (Å²) in [6.45, 7) is 7.29. The lowest BCUT2D eigenvalue weighted by Crippen LogP contribution is -2.51. The van der Waals surface area contributed by atoms with Crippen LogP contribution in [0.2, 0.25) is 5.02 Å². The molecule has 0 heterocycles. The first kappa shape index (κ1) is 28.8. The molecule has 1 atom stereocenters. The molecule has 7 heteroatoms. The SMILES string of the molecule is CCOc1ccc(CCC(=O)N(Cc2ccc(Cl)cc2)[C@H](CC)C(=O)NC2CCCCC2)cc1OCC. The fourth-order valence-corrected chi connectivity index (χ4v) is 5.02. The number of hydrogen-bond acceptors (Lipinski definition) is 4. The zero-order chi connectivity index (χ0) is 26.6. The van der Waals surface area contributed by atoms with Crippen LogP contribution in [0.3, 0.4) is 0 Å². The van der Waals surface area contributed by atoms with E-state index < -0.39 is 6.04 Å². The van der Waals surface area contributed by atoms with Gasteiger partial charge in [0.2, 0.25) is 11.8 Å². The highest BCUT2D eigenvalue weighted by atomic mass is 35.5. The van der Waals surface area contributed by atoms with Crippen molar-refractivity contribution >= 4 is 23.4 Å². The Balaban J connectivity index is 1.76. The summed E-state index contributed by atoms with van der Waals surface area (Å²) in [5.41, 5.74) is 1.94. The molecule has 1 fully saturated rings. The summed E-state index contributed by atoms with van der Waals surface area (Å²) >= 11 is 6.08. The highest BCUT2D eigenvalue weighted by Crippen LogP contribution is 2.29.